The number of rotatable bonds is 12. The minimum atomic E-state index is -3.56. The van der Waals surface area contributed by atoms with E-state index in [2.05, 4.69) is 43.4 Å². The van der Waals surface area contributed by atoms with Crippen molar-refractivity contribution in [1.29, 1.82) is 0 Å². The minimum Gasteiger partial charge on any atom is -0.489 e. The number of thioether (sulfide) groups is 1. The SMILES string of the molecule is Cc1cc(Nc2ncc(Cl)c(Nc3ccccc3S(=O)(=O)C(C)C)n2)c(OC(C)C)cc1C1CCN(C(=O)SCC(=S)N2CCN(C3CCCC3)CC2)CC1. The van der Waals surface area contributed by atoms with Gasteiger partial charge in [-0.3, -0.25) is 9.69 Å². The van der Waals surface area contributed by atoms with E-state index in [4.69, 9.17) is 28.6 Å². The maximum atomic E-state index is 13.3. The van der Waals surface area contributed by atoms with Gasteiger partial charge in [-0.2, -0.15) is 4.98 Å². The summed E-state index contributed by atoms with van der Waals surface area (Å²) >= 11 is 13.6. The van der Waals surface area contributed by atoms with Crippen LogP contribution in [0.5, 0.6) is 5.75 Å². The highest BCUT2D eigenvalue weighted by Crippen LogP contribution is 2.39. The maximum Gasteiger partial charge on any atom is 0.282 e. The minimum absolute atomic E-state index is 0.0855. The fourth-order valence-corrected chi connectivity index (χ4v) is 10.2. The molecule has 55 heavy (non-hydrogen) atoms. The first-order valence-corrected chi connectivity index (χ1v) is 22.8. The second-order valence-corrected chi connectivity index (χ2v) is 19.6. The van der Waals surface area contributed by atoms with Crippen molar-refractivity contribution in [2.24, 2.45) is 0 Å². The Bertz CT molecular complexity index is 1940. The predicted molar refractivity (Wildman–Crippen MR) is 229 cm³/mol. The van der Waals surface area contributed by atoms with Gasteiger partial charge < -0.3 is 25.2 Å². The molecule has 3 aliphatic rings. The number of aryl methyl sites for hydroxylation is 1. The third-order valence-corrected chi connectivity index (χ3v) is 14.8. The Labute approximate surface area is 341 Å². The fourth-order valence-electron chi connectivity index (χ4n) is 7.71. The van der Waals surface area contributed by atoms with Gasteiger partial charge in [-0.25, -0.2) is 13.4 Å². The third kappa shape index (κ3) is 10.2. The number of para-hydroxylation sites is 1. The van der Waals surface area contributed by atoms with Crippen molar-refractivity contribution in [1.82, 2.24) is 24.7 Å². The summed E-state index contributed by atoms with van der Waals surface area (Å²) in [4.78, 5) is 30.3. The van der Waals surface area contributed by atoms with Gasteiger partial charge in [0.25, 0.3) is 5.24 Å². The Morgan fingerprint density at radius 3 is 2.33 bits per heavy atom. The van der Waals surface area contributed by atoms with Crippen LogP contribution in [0.4, 0.5) is 27.9 Å². The number of benzene rings is 2. The van der Waals surface area contributed by atoms with E-state index in [1.165, 1.54) is 49.2 Å². The van der Waals surface area contributed by atoms with Gasteiger partial charge in [0.1, 0.15) is 10.8 Å². The van der Waals surface area contributed by atoms with Gasteiger partial charge >= 0.3 is 0 Å². The van der Waals surface area contributed by atoms with Crippen molar-refractivity contribution < 1.29 is 17.9 Å². The predicted octanol–water partition coefficient (Wildman–Crippen LogP) is 8.82. The highest BCUT2D eigenvalue weighted by molar-refractivity contribution is 8.14. The van der Waals surface area contributed by atoms with Crippen LogP contribution < -0.4 is 15.4 Å². The van der Waals surface area contributed by atoms with E-state index in [0.717, 1.165) is 55.6 Å². The Hall–Kier alpha value is -3.17. The number of piperazine rings is 1. The molecule has 2 aliphatic heterocycles. The first kappa shape index (κ1) is 41.5. The van der Waals surface area contributed by atoms with Crippen LogP contribution in [0.15, 0.2) is 47.5 Å². The molecule has 6 rings (SSSR count). The van der Waals surface area contributed by atoms with Crippen molar-refractivity contribution in [2.45, 2.75) is 101 Å². The van der Waals surface area contributed by atoms with Gasteiger partial charge in [0.05, 0.1) is 44.6 Å². The summed E-state index contributed by atoms with van der Waals surface area (Å²) in [5.74, 6) is 2.04. The number of carbonyl (C=O) groups is 1. The average Bonchev–Trinajstić information content (AvgIpc) is 3.72. The number of aromatic nitrogens is 2. The van der Waals surface area contributed by atoms with Crippen molar-refractivity contribution in [3.8, 4) is 5.75 Å². The van der Waals surface area contributed by atoms with Gasteiger partial charge in [-0.1, -0.05) is 60.6 Å². The van der Waals surface area contributed by atoms with E-state index in [1.54, 1.807) is 38.1 Å². The van der Waals surface area contributed by atoms with Gasteiger partial charge in [-0.15, -0.1) is 0 Å². The van der Waals surface area contributed by atoms with E-state index in [1.807, 2.05) is 24.8 Å². The molecular weight excluding hydrogens is 774 g/mol. The summed E-state index contributed by atoms with van der Waals surface area (Å²) in [6.07, 6.45) is 8.47. The number of hydrogen-bond donors (Lipinski definition) is 2. The fraction of sp³-hybridized carbons (Fsp3) is 0.550. The number of piperidine rings is 1. The normalized spacial score (nSPS) is 17.6. The molecule has 3 fully saturated rings. The van der Waals surface area contributed by atoms with Gasteiger partial charge in [0.2, 0.25) is 5.95 Å². The molecule has 11 nitrogen and oxygen atoms in total. The number of halogens is 1. The van der Waals surface area contributed by atoms with Crippen molar-refractivity contribution in [3.63, 3.8) is 0 Å². The number of nitrogens with zero attached hydrogens (tertiary/aromatic N) is 5. The number of ether oxygens (including phenoxy) is 1. The van der Waals surface area contributed by atoms with Crippen molar-refractivity contribution >= 4 is 78.8 Å². The second kappa shape index (κ2) is 18.4. The van der Waals surface area contributed by atoms with E-state index in [-0.39, 0.29) is 38.9 Å². The zero-order chi connectivity index (χ0) is 39.3. The molecule has 3 aromatic rings. The number of carbonyl (C=O) groups excluding carboxylic acids is 1. The number of hydrogen-bond acceptors (Lipinski definition) is 11. The average molecular weight is 829 g/mol. The summed E-state index contributed by atoms with van der Waals surface area (Å²) < 4.78 is 32.4. The van der Waals surface area contributed by atoms with Gasteiger partial charge in [0, 0.05) is 45.3 Å². The summed E-state index contributed by atoms with van der Waals surface area (Å²) in [5, 5.41) is 6.18. The molecule has 1 aliphatic carbocycles. The molecule has 15 heteroatoms. The molecule has 0 spiro atoms. The van der Waals surface area contributed by atoms with Gasteiger partial charge in [0.15, 0.2) is 15.7 Å². The number of likely N-dealkylation sites (tertiary alicyclic amines) is 1. The molecule has 2 aromatic carbocycles. The molecule has 0 unspecified atom stereocenters. The van der Waals surface area contributed by atoms with E-state index < -0.39 is 15.1 Å². The Kier molecular flexibility index (Phi) is 13.9. The number of thiocarbonyl (C=S) groups is 1. The smallest absolute Gasteiger partial charge is 0.282 e. The Balaban J connectivity index is 1.07. The van der Waals surface area contributed by atoms with Crippen LogP contribution >= 0.6 is 35.6 Å². The van der Waals surface area contributed by atoms with Crippen LogP contribution in [0.2, 0.25) is 5.02 Å². The number of amides is 1. The number of nitrogens with one attached hydrogen (secondary N) is 2. The summed E-state index contributed by atoms with van der Waals surface area (Å²) in [6, 6.07) is 11.6. The summed E-state index contributed by atoms with van der Waals surface area (Å²) in [6.45, 7) is 14.8. The van der Waals surface area contributed by atoms with Crippen LogP contribution in [0.1, 0.15) is 83.3 Å². The summed E-state index contributed by atoms with van der Waals surface area (Å²) in [7, 11) is -3.56. The lowest BCUT2D eigenvalue weighted by molar-refractivity contribution is 0.135. The topological polar surface area (TPSA) is 120 Å². The molecule has 1 aromatic heterocycles. The first-order valence-electron chi connectivity index (χ1n) is 19.4. The highest BCUT2D eigenvalue weighted by atomic mass is 35.5. The Morgan fingerprint density at radius 1 is 0.964 bits per heavy atom. The van der Waals surface area contributed by atoms with Crippen LogP contribution in [-0.2, 0) is 9.84 Å². The van der Waals surface area contributed by atoms with E-state index in [0.29, 0.717) is 36.0 Å². The van der Waals surface area contributed by atoms with E-state index >= 15 is 0 Å². The quantitative estimate of drug-likeness (QED) is 0.170. The molecule has 1 amide bonds. The highest BCUT2D eigenvalue weighted by Gasteiger charge is 2.29. The van der Waals surface area contributed by atoms with Crippen molar-refractivity contribution in [3.05, 3.63) is 58.7 Å². The van der Waals surface area contributed by atoms with Crippen LogP contribution in [-0.4, -0.2) is 106 Å². The Morgan fingerprint density at radius 2 is 1.65 bits per heavy atom. The largest absolute Gasteiger partial charge is 0.489 e. The summed E-state index contributed by atoms with van der Waals surface area (Å²) in [5.41, 5.74) is 3.37. The monoisotopic (exact) mass is 827 g/mol. The molecule has 2 saturated heterocycles. The molecule has 298 valence electrons. The molecule has 0 radical (unpaired) electrons. The van der Waals surface area contributed by atoms with Crippen LogP contribution in [0.3, 0.4) is 0 Å². The molecule has 0 bridgehead atoms. The number of sulfone groups is 1. The molecule has 2 N–H and O–H groups in total. The molecule has 1 saturated carbocycles. The lowest BCUT2D eigenvalue weighted by atomic mass is 9.86. The zero-order valence-corrected chi connectivity index (χ0v) is 35.7. The molecule has 0 atom stereocenters. The number of anilines is 4. The lowest BCUT2D eigenvalue weighted by Gasteiger charge is -2.39. The third-order valence-electron chi connectivity index (χ3n) is 10.8. The second-order valence-electron chi connectivity index (χ2n) is 15.3. The standard InChI is InChI=1S/C40H54ClN7O4S3/c1-26(2)52-35-23-31(29-14-16-48(17-15-29)40(49)54-25-37(53)47-20-18-46(19-21-47)30-10-6-7-11-30)28(5)22-34(35)44-39-42-24-32(41)38(45-39)43-33-12-8-9-13-36(33)55(50,51)27(3)4/h8-9,12-13,22-24,26-27,29-30H,6-7,10-11,14-21,25H2,1-5H3,(H2,42,43,44,45). The van der Waals surface area contributed by atoms with Crippen LogP contribution in [0.25, 0.3) is 0 Å². The molecule has 3 heterocycles. The van der Waals surface area contributed by atoms with Gasteiger partial charge in [-0.05, 0) is 102 Å². The first-order chi connectivity index (χ1) is 26.3. The molecular formula is C40H54ClN7O4S3. The van der Waals surface area contributed by atoms with E-state index in [9.17, 15) is 13.2 Å². The lowest BCUT2D eigenvalue weighted by Crippen LogP contribution is -2.51. The zero-order valence-electron chi connectivity index (χ0n) is 32.5. The van der Waals surface area contributed by atoms with Crippen molar-refractivity contribution in [2.75, 3.05) is 55.7 Å². The van der Waals surface area contributed by atoms with Crippen LogP contribution in [0, 0.1) is 6.92 Å². The maximum absolute atomic E-state index is 13.3.